The molecule has 1 aromatic carbocycles. The lowest BCUT2D eigenvalue weighted by Gasteiger charge is -2.27. The van der Waals surface area contributed by atoms with Crippen molar-refractivity contribution in [3.8, 4) is 5.75 Å². The minimum Gasteiger partial charge on any atom is -0.491 e. The molecule has 110 valence electrons. The van der Waals surface area contributed by atoms with E-state index in [9.17, 15) is 4.79 Å². The zero-order chi connectivity index (χ0) is 14.4. The number of morpholine rings is 1. The van der Waals surface area contributed by atoms with E-state index in [2.05, 4.69) is 5.32 Å². The van der Waals surface area contributed by atoms with E-state index >= 15 is 0 Å². The van der Waals surface area contributed by atoms with Crippen LogP contribution in [0.4, 0.5) is 0 Å². The van der Waals surface area contributed by atoms with Gasteiger partial charge in [-0.2, -0.15) is 0 Å². The Bertz CT molecular complexity index is 444. The van der Waals surface area contributed by atoms with E-state index in [0.29, 0.717) is 26.4 Å². The molecule has 5 nitrogen and oxygen atoms in total. The van der Waals surface area contributed by atoms with Crippen LogP contribution < -0.4 is 10.1 Å². The van der Waals surface area contributed by atoms with Crippen LogP contribution in [0.1, 0.15) is 5.56 Å². The number of para-hydroxylation sites is 1. The molecule has 1 heterocycles. The third-order valence-corrected chi connectivity index (χ3v) is 3.37. The van der Waals surface area contributed by atoms with Crippen molar-refractivity contribution in [3.05, 3.63) is 29.8 Å². The highest BCUT2D eigenvalue weighted by atomic mass is 16.5. The highest BCUT2D eigenvalue weighted by molar-refractivity contribution is 5.81. The largest absolute Gasteiger partial charge is 0.491 e. The lowest BCUT2D eigenvalue weighted by atomic mass is 10.2. The number of amides is 1. The number of aryl methyl sites for hydroxylation is 1. The molecule has 1 saturated heterocycles. The van der Waals surface area contributed by atoms with Crippen molar-refractivity contribution < 1.29 is 14.3 Å². The molecule has 1 amide bonds. The summed E-state index contributed by atoms with van der Waals surface area (Å²) in [5.74, 6) is 0.922. The van der Waals surface area contributed by atoms with Crippen LogP contribution in [0.2, 0.25) is 0 Å². The zero-order valence-corrected chi connectivity index (χ0v) is 12.1. The Hall–Kier alpha value is -1.59. The maximum atomic E-state index is 12.1. The van der Waals surface area contributed by atoms with Gasteiger partial charge in [-0.05, 0) is 18.6 Å². The summed E-state index contributed by atoms with van der Waals surface area (Å²) in [6.45, 7) is 4.90. The minimum absolute atomic E-state index is 0.0538. The average molecular weight is 278 g/mol. The molecule has 0 bridgehead atoms. The SMILES string of the molecule is Cc1ccccc1OCCN(C)C(=O)[C@H]1COCCN1. The Morgan fingerprint density at radius 2 is 2.30 bits per heavy atom. The molecule has 1 fully saturated rings. The predicted molar refractivity (Wildman–Crippen MR) is 76.9 cm³/mol. The van der Waals surface area contributed by atoms with E-state index < -0.39 is 0 Å². The summed E-state index contributed by atoms with van der Waals surface area (Å²) in [5.41, 5.74) is 1.10. The molecule has 0 aliphatic carbocycles. The predicted octanol–water partition coefficient (Wildman–Crippen LogP) is 0.821. The Morgan fingerprint density at radius 3 is 3.00 bits per heavy atom. The van der Waals surface area contributed by atoms with Gasteiger partial charge in [-0.25, -0.2) is 0 Å². The van der Waals surface area contributed by atoms with Gasteiger partial charge in [0.25, 0.3) is 0 Å². The monoisotopic (exact) mass is 278 g/mol. The molecular formula is C15H22N2O3. The number of carbonyl (C=O) groups is 1. The molecule has 1 N–H and O–H groups in total. The molecule has 0 unspecified atom stereocenters. The molecule has 0 spiro atoms. The number of nitrogens with zero attached hydrogens (tertiary/aromatic N) is 1. The third kappa shape index (κ3) is 3.95. The van der Waals surface area contributed by atoms with E-state index in [-0.39, 0.29) is 11.9 Å². The number of benzene rings is 1. The van der Waals surface area contributed by atoms with Gasteiger partial charge in [0.1, 0.15) is 18.4 Å². The number of rotatable bonds is 5. The summed E-state index contributed by atoms with van der Waals surface area (Å²) in [5, 5.41) is 3.16. The summed E-state index contributed by atoms with van der Waals surface area (Å²) in [7, 11) is 1.79. The molecule has 20 heavy (non-hydrogen) atoms. The number of hydrogen-bond donors (Lipinski definition) is 1. The van der Waals surface area contributed by atoms with Crippen molar-refractivity contribution in [1.29, 1.82) is 0 Å². The second kappa shape index (κ2) is 7.26. The van der Waals surface area contributed by atoms with Crippen molar-refractivity contribution in [2.24, 2.45) is 0 Å². The van der Waals surface area contributed by atoms with Crippen molar-refractivity contribution in [2.45, 2.75) is 13.0 Å². The first-order valence-corrected chi connectivity index (χ1v) is 6.93. The number of nitrogens with one attached hydrogen (secondary N) is 1. The van der Waals surface area contributed by atoms with Gasteiger partial charge in [0.2, 0.25) is 5.91 Å². The fraction of sp³-hybridized carbons (Fsp3) is 0.533. The van der Waals surface area contributed by atoms with Crippen molar-refractivity contribution in [1.82, 2.24) is 10.2 Å². The van der Waals surface area contributed by atoms with Crippen LogP contribution in [0.25, 0.3) is 0 Å². The van der Waals surface area contributed by atoms with Gasteiger partial charge in [-0.15, -0.1) is 0 Å². The molecule has 1 atom stereocenters. The lowest BCUT2D eigenvalue weighted by molar-refractivity contribution is -0.135. The van der Waals surface area contributed by atoms with Gasteiger partial charge in [0.05, 0.1) is 19.8 Å². The second-order valence-corrected chi connectivity index (χ2v) is 4.96. The molecule has 0 radical (unpaired) electrons. The van der Waals surface area contributed by atoms with Crippen LogP contribution in [0.15, 0.2) is 24.3 Å². The third-order valence-electron chi connectivity index (χ3n) is 3.37. The van der Waals surface area contributed by atoms with E-state index in [1.54, 1.807) is 11.9 Å². The minimum atomic E-state index is -0.229. The fourth-order valence-electron chi connectivity index (χ4n) is 2.11. The Balaban J connectivity index is 1.75. The molecule has 1 aromatic rings. The van der Waals surface area contributed by atoms with Crippen LogP contribution in [-0.4, -0.2) is 56.8 Å². The standard InChI is InChI=1S/C15H22N2O3/c1-12-5-3-4-6-14(12)20-10-8-17(2)15(18)13-11-19-9-7-16-13/h3-6,13,16H,7-11H2,1-2H3/t13-/m1/s1. The summed E-state index contributed by atoms with van der Waals surface area (Å²) in [4.78, 5) is 13.8. The van der Waals surface area contributed by atoms with E-state index in [1.807, 2.05) is 31.2 Å². The topological polar surface area (TPSA) is 50.8 Å². The zero-order valence-electron chi connectivity index (χ0n) is 12.1. The van der Waals surface area contributed by atoms with Gasteiger partial charge in [0.15, 0.2) is 0 Å². The summed E-state index contributed by atoms with van der Waals surface area (Å²) >= 11 is 0. The molecular weight excluding hydrogens is 256 g/mol. The van der Waals surface area contributed by atoms with Crippen LogP contribution in [0.3, 0.4) is 0 Å². The summed E-state index contributed by atoms with van der Waals surface area (Å²) in [6, 6.07) is 7.64. The normalized spacial score (nSPS) is 18.6. The molecule has 5 heteroatoms. The Labute approximate surface area is 119 Å². The number of likely N-dealkylation sites (N-methyl/N-ethyl adjacent to an activating group) is 1. The van der Waals surface area contributed by atoms with E-state index in [1.165, 1.54) is 0 Å². The van der Waals surface area contributed by atoms with Crippen LogP contribution in [0.5, 0.6) is 5.75 Å². The Kier molecular flexibility index (Phi) is 5.38. The van der Waals surface area contributed by atoms with Gasteiger partial charge in [-0.3, -0.25) is 4.79 Å². The quantitative estimate of drug-likeness (QED) is 0.866. The number of hydrogen-bond acceptors (Lipinski definition) is 4. The van der Waals surface area contributed by atoms with E-state index in [4.69, 9.17) is 9.47 Å². The van der Waals surface area contributed by atoms with E-state index in [0.717, 1.165) is 17.9 Å². The van der Waals surface area contributed by atoms with Crippen molar-refractivity contribution in [3.63, 3.8) is 0 Å². The smallest absolute Gasteiger partial charge is 0.241 e. The van der Waals surface area contributed by atoms with Gasteiger partial charge < -0.3 is 19.7 Å². The first-order chi connectivity index (χ1) is 9.68. The highest BCUT2D eigenvalue weighted by Crippen LogP contribution is 2.15. The highest BCUT2D eigenvalue weighted by Gasteiger charge is 2.23. The molecule has 0 saturated carbocycles. The molecule has 1 aliphatic heterocycles. The lowest BCUT2D eigenvalue weighted by Crippen LogP contribution is -2.52. The molecule has 0 aromatic heterocycles. The maximum Gasteiger partial charge on any atom is 0.241 e. The summed E-state index contributed by atoms with van der Waals surface area (Å²) in [6.07, 6.45) is 0. The van der Waals surface area contributed by atoms with Crippen LogP contribution in [0, 0.1) is 6.92 Å². The molecule has 1 aliphatic rings. The van der Waals surface area contributed by atoms with Crippen LogP contribution >= 0.6 is 0 Å². The number of carbonyl (C=O) groups excluding carboxylic acids is 1. The summed E-state index contributed by atoms with van der Waals surface area (Å²) < 4.78 is 11.0. The maximum absolute atomic E-state index is 12.1. The first-order valence-electron chi connectivity index (χ1n) is 6.93. The van der Waals surface area contributed by atoms with Gasteiger partial charge in [-0.1, -0.05) is 18.2 Å². The second-order valence-electron chi connectivity index (χ2n) is 4.96. The Morgan fingerprint density at radius 1 is 1.50 bits per heavy atom. The average Bonchev–Trinajstić information content (AvgIpc) is 2.49. The fourth-order valence-corrected chi connectivity index (χ4v) is 2.11. The first kappa shape index (κ1) is 14.8. The number of ether oxygens (including phenoxy) is 2. The van der Waals surface area contributed by atoms with Crippen molar-refractivity contribution in [2.75, 3.05) is 40.0 Å². The van der Waals surface area contributed by atoms with Gasteiger partial charge in [0, 0.05) is 13.6 Å². The molecule has 2 rings (SSSR count). The van der Waals surface area contributed by atoms with Crippen LogP contribution in [-0.2, 0) is 9.53 Å². The van der Waals surface area contributed by atoms with Crippen molar-refractivity contribution >= 4 is 5.91 Å². The van der Waals surface area contributed by atoms with Gasteiger partial charge >= 0.3 is 0 Å².